The number of hydrogen-bond donors (Lipinski definition) is 1. The Bertz CT molecular complexity index is 327. The van der Waals surface area contributed by atoms with Crippen LogP contribution in [0.25, 0.3) is 6.08 Å². The Morgan fingerprint density at radius 1 is 1.19 bits per heavy atom. The van der Waals surface area contributed by atoms with E-state index < -0.39 is 5.60 Å². The zero-order valence-corrected chi connectivity index (χ0v) is 10.5. The Kier molecular flexibility index (Phi) is 4.75. The number of allylic oxidation sites excluding steroid dienone is 1. The average Bonchev–Trinajstić information content (AvgIpc) is 2.24. The molecule has 1 aromatic rings. The van der Waals surface area contributed by atoms with Gasteiger partial charge in [0.05, 0.1) is 5.60 Å². The second-order valence-electron chi connectivity index (χ2n) is 4.85. The minimum absolute atomic E-state index is 0.559. The number of hydrogen-bond acceptors (Lipinski definition) is 1. The van der Waals surface area contributed by atoms with Crippen molar-refractivity contribution in [2.75, 3.05) is 0 Å². The Morgan fingerprint density at radius 3 is 2.31 bits per heavy atom. The van der Waals surface area contributed by atoms with Gasteiger partial charge in [-0.2, -0.15) is 0 Å². The summed E-state index contributed by atoms with van der Waals surface area (Å²) < 4.78 is 0. The molecule has 0 aliphatic carbocycles. The lowest BCUT2D eigenvalue weighted by atomic mass is 10.0. The van der Waals surface area contributed by atoms with Crippen LogP contribution in [0.5, 0.6) is 0 Å². The van der Waals surface area contributed by atoms with Crippen molar-refractivity contribution in [2.24, 2.45) is 0 Å². The molecule has 0 atom stereocenters. The van der Waals surface area contributed by atoms with E-state index in [0.717, 1.165) is 19.3 Å². The van der Waals surface area contributed by atoms with Crippen molar-refractivity contribution in [2.45, 2.75) is 45.6 Å². The first-order valence-corrected chi connectivity index (χ1v) is 5.99. The normalized spacial score (nSPS) is 12.2. The van der Waals surface area contributed by atoms with E-state index in [4.69, 9.17) is 0 Å². The first-order chi connectivity index (χ1) is 7.51. The molecule has 0 spiro atoms. The smallest absolute Gasteiger partial charge is 0.0594 e. The Balaban J connectivity index is 2.44. The highest BCUT2D eigenvalue weighted by molar-refractivity contribution is 5.49. The molecule has 1 N–H and O–H groups in total. The van der Waals surface area contributed by atoms with E-state index in [1.807, 2.05) is 13.8 Å². The molecule has 1 nitrogen and oxygen atoms in total. The zero-order valence-electron chi connectivity index (χ0n) is 10.5. The Hall–Kier alpha value is -1.08. The van der Waals surface area contributed by atoms with Crippen LogP contribution in [0.2, 0.25) is 0 Å². The summed E-state index contributed by atoms with van der Waals surface area (Å²) in [6.45, 7) is 5.85. The summed E-state index contributed by atoms with van der Waals surface area (Å²) in [5.74, 6) is 0. The minimum Gasteiger partial charge on any atom is -0.390 e. The van der Waals surface area contributed by atoms with Crippen molar-refractivity contribution in [3.63, 3.8) is 0 Å². The SMILES string of the molecule is CCc1ccc(/C=C/CCC(C)(C)O)cc1. The maximum atomic E-state index is 9.55. The van der Waals surface area contributed by atoms with Crippen molar-refractivity contribution in [3.8, 4) is 0 Å². The molecule has 1 rings (SSSR count). The lowest BCUT2D eigenvalue weighted by Gasteiger charge is -2.14. The summed E-state index contributed by atoms with van der Waals surface area (Å²) in [4.78, 5) is 0. The summed E-state index contributed by atoms with van der Waals surface area (Å²) in [5.41, 5.74) is 2.04. The predicted octanol–water partition coefficient (Wildman–Crippen LogP) is 3.81. The van der Waals surface area contributed by atoms with Gasteiger partial charge in [0.25, 0.3) is 0 Å². The molecular weight excluding hydrogens is 196 g/mol. The van der Waals surface area contributed by atoms with Crippen LogP contribution in [0.15, 0.2) is 30.3 Å². The van der Waals surface area contributed by atoms with Gasteiger partial charge in [-0.15, -0.1) is 0 Å². The van der Waals surface area contributed by atoms with E-state index in [1.54, 1.807) is 0 Å². The average molecular weight is 218 g/mol. The van der Waals surface area contributed by atoms with Crippen LogP contribution < -0.4 is 0 Å². The lowest BCUT2D eigenvalue weighted by molar-refractivity contribution is 0.0722. The van der Waals surface area contributed by atoms with Crippen LogP contribution in [-0.2, 0) is 6.42 Å². The number of benzene rings is 1. The molecule has 0 amide bonds. The van der Waals surface area contributed by atoms with E-state index >= 15 is 0 Å². The van der Waals surface area contributed by atoms with Gasteiger partial charge < -0.3 is 5.11 Å². The fourth-order valence-corrected chi connectivity index (χ4v) is 1.52. The molecule has 0 saturated heterocycles. The predicted molar refractivity (Wildman–Crippen MR) is 70.4 cm³/mol. The maximum absolute atomic E-state index is 9.55. The molecule has 0 aliphatic rings. The van der Waals surface area contributed by atoms with Crippen LogP contribution in [-0.4, -0.2) is 10.7 Å². The van der Waals surface area contributed by atoms with Crippen molar-refractivity contribution in [1.82, 2.24) is 0 Å². The van der Waals surface area contributed by atoms with Gasteiger partial charge in [-0.25, -0.2) is 0 Å². The molecule has 0 aromatic heterocycles. The van der Waals surface area contributed by atoms with Crippen molar-refractivity contribution < 1.29 is 5.11 Å². The standard InChI is InChI=1S/C15H22O/c1-4-13-8-10-14(11-9-13)7-5-6-12-15(2,3)16/h5,7-11,16H,4,6,12H2,1-3H3/b7-5+. The van der Waals surface area contributed by atoms with Gasteiger partial charge >= 0.3 is 0 Å². The molecular formula is C15H22O. The molecule has 1 aromatic carbocycles. The van der Waals surface area contributed by atoms with Crippen LogP contribution in [0.1, 0.15) is 44.7 Å². The number of rotatable bonds is 5. The van der Waals surface area contributed by atoms with E-state index in [1.165, 1.54) is 11.1 Å². The van der Waals surface area contributed by atoms with Gasteiger partial charge in [-0.1, -0.05) is 43.3 Å². The largest absolute Gasteiger partial charge is 0.390 e. The van der Waals surface area contributed by atoms with Crippen LogP contribution in [0.3, 0.4) is 0 Å². The van der Waals surface area contributed by atoms with Gasteiger partial charge in [0.15, 0.2) is 0 Å². The minimum atomic E-state index is -0.559. The van der Waals surface area contributed by atoms with E-state index in [2.05, 4.69) is 43.3 Å². The molecule has 0 aliphatic heterocycles. The van der Waals surface area contributed by atoms with E-state index in [9.17, 15) is 5.11 Å². The van der Waals surface area contributed by atoms with E-state index in [0.29, 0.717) is 0 Å². The van der Waals surface area contributed by atoms with Crippen molar-refractivity contribution in [3.05, 3.63) is 41.5 Å². The van der Waals surface area contributed by atoms with Crippen LogP contribution in [0, 0.1) is 0 Å². The van der Waals surface area contributed by atoms with Crippen molar-refractivity contribution >= 4 is 6.08 Å². The fourth-order valence-electron chi connectivity index (χ4n) is 1.52. The monoisotopic (exact) mass is 218 g/mol. The van der Waals surface area contributed by atoms with Gasteiger partial charge in [0.2, 0.25) is 0 Å². The van der Waals surface area contributed by atoms with Gasteiger partial charge in [-0.3, -0.25) is 0 Å². The molecule has 0 unspecified atom stereocenters. The third-order valence-corrected chi connectivity index (χ3v) is 2.62. The van der Waals surface area contributed by atoms with Gasteiger partial charge in [0.1, 0.15) is 0 Å². The third kappa shape index (κ3) is 5.13. The number of aryl methyl sites for hydroxylation is 1. The lowest BCUT2D eigenvalue weighted by Crippen LogP contribution is -2.17. The summed E-state index contributed by atoms with van der Waals surface area (Å²) in [6, 6.07) is 8.60. The molecule has 0 radical (unpaired) electrons. The second kappa shape index (κ2) is 5.86. The molecule has 0 saturated carbocycles. The highest BCUT2D eigenvalue weighted by Crippen LogP contribution is 2.12. The first kappa shape index (κ1) is 13.0. The summed E-state index contributed by atoms with van der Waals surface area (Å²) in [5, 5.41) is 9.55. The summed E-state index contributed by atoms with van der Waals surface area (Å²) in [7, 11) is 0. The molecule has 16 heavy (non-hydrogen) atoms. The molecule has 88 valence electrons. The first-order valence-electron chi connectivity index (χ1n) is 5.99. The number of aliphatic hydroxyl groups is 1. The highest BCUT2D eigenvalue weighted by atomic mass is 16.3. The molecule has 0 heterocycles. The summed E-state index contributed by atoms with van der Waals surface area (Å²) >= 11 is 0. The Morgan fingerprint density at radius 2 is 1.81 bits per heavy atom. The van der Waals surface area contributed by atoms with Gasteiger partial charge in [0, 0.05) is 0 Å². The molecule has 1 heteroatoms. The Labute approximate surface area is 98.8 Å². The summed E-state index contributed by atoms with van der Waals surface area (Å²) in [6.07, 6.45) is 7.04. The van der Waals surface area contributed by atoms with Crippen LogP contribution in [0.4, 0.5) is 0 Å². The molecule has 0 fully saturated rings. The molecule has 0 bridgehead atoms. The van der Waals surface area contributed by atoms with Crippen molar-refractivity contribution in [1.29, 1.82) is 0 Å². The van der Waals surface area contributed by atoms with E-state index in [-0.39, 0.29) is 0 Å². The topological polar surface area (TPSA) is 20.2 Å². The van der Waals surface area contributed by atoms with Gasteiger partial charge in [-0.05, 0) is 44.2 Å². The third-order valence-electron chi connectivity index (χ3n) is 2.62. The fraction of sp³-hybridized carbons (Fsp3) is 0.467. The second-order valence-corrected chi connectivity index (χ2v) is 4.85. The maximum Gasteiger partial charge on any atom is 0.0594 e. The highest BCUT2D eigenvalue weighted by Gasteiger charge is 2.09. The van der Waals surface area contributed by atoms with Crippen LogP contribution >= 0.6 is 0 Å². The zero-order chi connectivity index (χ0) is 12.0. The quantitative estimate of drug-likeness (QED) is 0.796.